The first kappa shape index (κ1) is 18.3. The molecular formula is C16H16ClF3N2O2. The maximum atomic E-state index is 13.1. The molecule has 0 bridgehead atoms. The van der Waals surface area contributed by atoms with Crippen LogP contribution in [0.4, 0.5) is 13.2 Å². The molecule has 0 aliphatic carbocycles. The monoisotopic (exact) mass is 360 g/mol. The summed E-state index contributed by atoms with van der Waals surface area (Å²) in [5.74, 6) is -0.287. The zero-order valence-electron chi connectivity index (χ0n) is 13.6. The van der Waals surface area contributed by atoms with E-state index in [0.29, 0.717) is 6.61 Å². The lowest BCUT2D eigenvalue weighted by Crippen LogP contribution is -2.14. The van der Waals surface area contributed by atoms with Crippen molar-refractivity contribution in [2.45, 2.75) is 26.9 Å². The average molecular weight is 361 g/mol. The number of hydrogen-bond acceptors (Lipinski definition) is 3. The topological polar surface area (TPSA) is 44.1 Å². The molecule has 0 N–H and O–H groups in total. The lowest BCUT2D eigenvalue weighted by atomic mass is 9.95. The molecule has 8 heteroatoms. The lowest BCUT2D eigenvalue weighted by molar-refractivity contribution is -0.138. The van der Waals surface area contributed by atoms with Crippen LogP contribution in [-0.2, 0) is 13.2 Å². The van der Waals surface area contributed by atoms with Gasteiger partial charge in [-0.15, -0.1) is 0 Å². The molecule has 2 aromatic rings. The van der Waals surface area contributed by atoms with Crippen molar-refractivity contribution in [2.24, 2.45) is 7.05 Å². The third-order valence-corrected chi connectivity index (χ3v) is 4.12. The molecule has 0 radical (unpaired) electrons. The molecule has 24 heavy (non-hydrogen) atoms. The Morgan fingerprint density at radius 1 is 1.33 bits per heavy atom. The van der Waals surface area contributed by atoms with Gasteiger partial charge in [0.05, 0.1) is 23.4 Å². The van der Waals surface area contributed by atoms with E-state index in [1.165, 1.54) is 24.7 Å². The van der Waals surface area contributed by atoms with E-state index in [2.05, 4.69) is 5.10 Å². The summed E-state index contributed by atoms with van der Waals surface area (Å²) >= 11 is 6.07. The van der Waals surface area contributed by atoms with Gasteiger partial charge in [-0.3, -0.25) is 4.79 Å². The Bertz CT molecular complexity index is 798. The lowest BCUT2D eigenvalue weighted by Gasteiger charge is -2.17. The van der Waals surface area contributed by atoms with Crippen LogP contribution in [0.25, 0.3) is 0 Å². The molecule has 0 atom stereocenters. The van der Waals surface area contributed by atoms with Crippen molar-refractivity contribution in [2.75, 3.05) is 6.61 Å². The van der Waals surface area contributed by atoms with Crippen molar-refractivity contribution in [3.8, 4) is 5.88 Å². The minimum absolute atomic E-state index is 0.00591. The number of carbonyl (C=O) groups is 1. The molecule has 1 aromatic heterocycles. The quantitative estimate of drug-likeness (QED) is 0.762. The van der Waals surface area contributed by atoms with E-state index in [1.807, 2.05) is 0 Å². The van der Waals surface area contributed by atoms with Gasteiger partial charge in [0.1, 0.15) is 5.56 Å². The number of carbonyl (C=O) groups excluding carboxylic acids is 1. The van der Waals surface area contributed by atoms with Crippen molar-refractivity contribution in [3.05, 3.63) is 45.1 Å². The van der Waals surface area contributed by atoms with E-state index in [0.717, 1.165) is 6.07 Å². The van der Waals surface area contributed by atoms with Gasteiger partial charge >= 0.3 is 6.18 Å². The van der Waals surface area contributed by atoms with Gasteiger partial charge in [0.15, 0.2) is 0 Å². The van der Waals surface area contributed by atoms with Crippen molar-refractivity contribution in [1.29, 1.82) is 0 Å². The highest BCUT2D eigenvalue weighted by Crippen LogP contribution is 2.39. The van der Waals surface area contributed by atoms with Gasteiger partial charge in [-0.1, -0.05) is 11.6 Å². The Hall–Kier alpha value is -2.02. The van der Waals surface area contributed by atoms with Crippen LogP contribution in [0.2, 0.25) is 5.02 Å². The summed E-state index contributed by atoms with van der Waals surface area (Å²) in [7, 11) is 1.60. The Labute approximate surface area is 142 Å². The number of aryl methyl sites for hydroxylation is 2. The number of ether oxygens (including phenoxy) is 1. The Kier molecular flexibility index (Phi) is 4.94. The second-order valence-corrected chi connectivity index (χ2v) is 5.68. The maximum absolute atomic E-state index is 13.1. The minimum Gasteiger partial charge on any atom is -0.478 e. The maximum Gasteiger partial charge on any atom is 0.416 e. The number of benzene rings is 1. The molecule has 0 aliphatic heterocycles. The minimum atomic E-state index is -4.54. The Morgan fingerprint density at radius 2 is 1.96 bits per heavy atom. The fourth-order valence-electron chi connectivity index (χ4n) is 2.60. The summed E-state index contributed by atoms with van der Waals surface area (Å²) in [6.45, 7) is 4.62. The van der Waals surface area contributed by atoms with Crippen molar-refractivity contribution < 1.29 is 22.7 Å². The standard InChI is InChI=1S/C16H16ClF3N2O2/c1-5-24-15-11(7-21-22(15)4)14(23)10-6-8(2)12(16(18,19)20)9(3)13(10)17/h6-7H,5H2,1-4H3. The van der Waals surface area contributed by atoms with Gasteiger partial charge in [0.25, 0.3) is 0 Å². The van der Waals surface area contributed by atoms with Gasteiger partial charge < -0.3 is 4.74 Å². The number of alkyl halides is 3. The molecule has 0 unspecified atom stereocenters. The fraction of sp³-hybridized carbons (Fsp3) is 0.375. The predicted molar refractivity (Wildman–Crippen MR) is 83.7 cm³/mol. The summed E-state index contributed by atoms with van der Waals surface area (Å²) in [6.07, 6.45) is -3.23. The third-order valence-electron chi connectivity index (χ3n) is 3.63. The zero-order valence-corrected chi connectivity index (χ0v) is 14.3. The molecule has 0 spiro atoms. The molecule has 0 aliphatic rings. The summed E-state index contributed by atoms with van der Waals surface area (Å²) in [5, 5.41) is 3.74. The van der Waals surface area contributed by atoms with Crippen LogP contribution < -0.4 is 4.74 Å². The molecule has 0 amide bonds. The van der Waals surface area contributed by atoms with Gasteiger partial charge in [-0.2, -0.15) is 18.3 Å². The molecule has 1 aromatic carbocycles. The molecule has 2 rings (SSSR count). The number of aromatic nitrogens is 2. The molecule has 0 saturated heterocycles. The van der Waals surface area contributed by atoms with E-state index in [1.54, 1.807) is 14.0 Å². The number of halogens is 4. The molecule has 130 valence electrons. The van der Waals surface area contributed by atoms with E-state index in [4.69, 9.17) is 16.3 Å². The van der Waals surface area contributed by atoms with Crippen molar-refractivity contribution in [1.82, 2.24) is 9.78 Å². The van der Waals surface area contributed by atoms with E-state index in [-0.39, 0.29) is 33.2 Å². The van der Waals surface area contributed by atoms with Crippen LogP contribution in [0.1, 0.15) is 39.5 Å². The first-order chi connectivity index (χ1) is 11.1. The average Bonchev–Trinajstić information content (AvgIpc) is 2.83. The second kappa shape index (κ2) is 6.47. The van der Waals surface area contributed by atoms with Crippen molar-refractivity contribution >= 4 is 17.4 Å². The van der Waals surface area contributed by atoms with Gasteiger partial charge in [0.2, 0.25) is 11.7 Å². The number of rotatable bonds is 4. The van der Waals surface area contributed by atoms with Crippen LogP contribution >= 0.6 is 11.6 Å². The Balaban J connectivity index is 2.60. The Morgan fingerprint density at radius 3 is 2.50 bits per heavy atom. The van der Waals surface area contributed by atoms with Crippen LogP contribution in [0.3, 0.4) is 0 Å². The first-order valence-corrected chi connectivity index (χ1v) is 7.53. The summed E-state index contributed by atoms with van der Waals surface area (Å²) < 4.78 is 46.2. The molecule has 0 fully saturated rings. The predicted octanol–water partition coefficient (Wildman–Crippen LogP) is 4.34. The zero-order chi connectivity index (χ0) is 18.2. The summed E-state index contributed by atoms with van der Waals surface area (Å²) in [5.41, 5.74) is -0.905. The molecule has 4 nitrogen and oxygen atoms in total. The summed E-state index contributed by atoms with van der Waals surface area (Å²) in [6, 6.07) is 1.16. The molecule has 1 heterocycles. The van der Waals surface area contributed by atoms with E-state index >= 15 is 0 Å². The van der Waals surface area contributed by atoms with E-state index < -0.39 is 17.5 Å². The second-order valence-electron chi connectivity index (χ2n) is 5.30. The highest BCUT2D eigenvalue weighted by molar-refractivity contribution is 6.36. The number of hydrogen-bond donors (Lipinski definition) is 0. The normalized spacial score (nSPS) is 11.7. The number of ketones is 1. The van der Waals surface area contributed by atoms with Crippen LogP contribution in [-0.4, -0.2) is 22.2 Å². The highest BCUT2D eigenvalue weighted by atomic mass is 35.5. The largest absolute Gasteiger partial charge is 0.478 e. The third kappa shape index (κ3) is 3.13. The van der Waals surface area contributed by atoms with Crippen LogP contribution in [0.15, 0.2) is 12.3 Å². The van der Waals surface area contributed by atoms with Gasteiger partial charge in [-0.25, -0.2) is 4.68 Å². The van der Waals surface area contributed by atoms with Crippen molar-refractivity contribution in [3.63, 3.8) is 0 Å². The summed E-state index contributed by atoms with van der Waals surface area (Å²) in [4.78, 5) is 12.7. The fourth-order valence-corrected chi connectivity index (χ4v) is 2.83. The smallest absolute Gasteiger partial charge is 0.416 e. The van der Waals surface area contributed by atoms with Crippen LogP contribution in [0, 0.1) is 13.8 Å². The van der Waals surface area contributed by atoms with E-state index in [9.17, 15) is 18.0 Å². The highest BCUT2D eigenvalue weighted by Gasteiger charge is 2.36. The molecular weight excluding hydrogens is 345 g/mol. The first-order valence-electron chi connectivity index (χ1n) is 7.16. The van der Waals surface area contributed by atoms with Gasteiger partial charge in [-0.05, 0) is 38.0 Å². The number of nitrogens with zero attached hydrogens (tertiary/aromatic N) is 2. The van der Waals surface area contributed by atoms with Crippen LogP contribution in [0.5, 0.6) is 5.88 Å². The molecule has 0 saturated carbocycles. The SMILES string of the molecule is CCOc1c(C(=O)c2cc(C)c(C(F)(F)F)c(C)c2Cl)cnn1C. The van der Waals surface area contributed by atoms with Gasteiger partial charge in [0, 0.05) is 12.6 Å².